The topological polar surface area (TPSA) is 79.2 Å². The number of hydrogen-bond acceptors (Lipinski definition) is 5. The number of benzene rings is 2. The highest BCUT2D eigenvalue weighted by Gasteiger charge is 2.51. The fourth-order valence-corrected chi connectivity index (χ4v) is 5.30. The molecule has 1 aliphatic carbocycles. The van der Waals surface area contributed by atoms with Crippen LogP contribution in [0.3, 0.4) is 0 Å². The zero-order chi connectivity index (χ0) is 26.1. The molecule has 6 nitrogen and oxygen atoms in total. The Morgan fingerprint density at radius 1 is 1.22 bits per heavy atom. The number of carbonyl (C=O) groups excluding carboxylic acids is 2. The van der Waals surface area contributed by atoms with E-state index in [4.69, 9.17) is 9.73 Å². The van der Waals surface area contributed by atoms with Crippen LogP contribution in [0.15, 0.2) is 65.7 Å². The first-order chi connectivity index (χ1) is 17.0. The largest absolute Gasteiger partial charge is 0.508 e. The van der Waals surface area contributed by atoms with E-state index < -0.39 is 5.66 Å². The Balaban J connectivity index is 1.81. The summed E-state index contributed by atoms with van der Waals surface area (Å²) in [5, 5.41) is 10.1. The van der Waals surface area contributed by atoms with Gasteiger partial charge in [-0.05, 0) is 60.4 Å². The standard InChI is InChI=1S/C30H36N2O4/c1-20-8-7-16-30(19-20)31-26(23-9-6-10-24(33)18-23)27(34)32(30)25(15-17-29(2,3)4)21-11-13-22(14-12-21)28(35)36-5/h6-14,18,20,25,33H,15-17,19H2,1-5H3/t20?,25-,30?/m1/s1. The Bertz CT molecular complexity index is 1190. The van der Waals surface area contributed by atoms with E-state index in [1.54, 1.807) is 30.3 Å². The van der Waals surface area contributed by atoms with Crippen LogP contribution >= 0.6 is 0 Å². The summed E-state index contributed by atoms with van der Waals surface area (Å²) < 4.78 is 4.87. The lowest BCUT2D eigenvalue weighted by Gasteiger charge is -2.44. The fourth-order valence-electron chi connectivity index (χ4n) is 5.30. The van der Waals surface area contributed by atoms with Gasteiger partial charge in [-0.15, -0.1) is 0 Å². The summed E-state index contributed by atoms with van der Waals surface area (Å²) in [5.41, 5.74) is 1.84. The number of phenolic OH excluding ortho intramolecular Hbond substituents is 1. The minimum Gasteiger partial charge on any atom is -0.508 e. The smallest absolute Gasteiger partial charge is 0.337 e. The first-order valence-electron chi connectivity index (χ1n) is 12.6. The Kier molecular flexibility index (Phi) is 7.07. The number of ether oxygens (including phenoxy) is 1. The zero-order valence-electron chi connectivity index (χ0n) is 21.8. The fraction of sp³-hybridized carbons (Fsp3) is 0.433. The van der Waals surface area contributed by atoms with Crippen molar-refractivity contribution in [2.45, 2.75) is 65.1 Å². The van der Waals surface area contributed by atoms with Gasteiger partial charge in [0.1, 0.15) is 17.1 Å². The van der Waals surface area contributed by atoms with Gasteiger partial charge in [-0.3, -0.25) is 9.79 Å². The SMILES string of the molecule is COC(=O)c1ccc([C@@H](CCC(C)(C)C)N2C(=O)C(c3cccc(O)c3)=NC23CC=CC(C)C3)cc1. The first kappa shape index (κ1) is 25.7. The minimum atomic E-state index is -0.699. The highest BCUT2D eigenvalue weighted by atomic mass is 16.5. The molecule has 36 heavy (non-hydrogen) atoms. The van der Waals surface area contributed by atoms with E-state index in [9.17, 15) is 14.7 Å². The summed E-state index contributed by atoms with van der Waals surface area (Å²) in [4.78, 5) is 33.3. The zero-order valence-corrected chi connectivity index (χ0v) is 21.8. The predicted octanol–water partition coefficient (Wildman–Crippen LogP) is 6.06. The van der Waals surface area contributed by atoms with Crippen LogP contribution in [-0.4, -0.2) is 40.4 Å². The molecule has 6 heteroatoms. The van der Waals surface area contributed by atoms with Crippen molar-refractivity contribution in [1.29, 1.82) is 0 Å². The molecule has 0 radical (unpaired) electrons. The van der Waals surface area contributed by atoms with Crippen molar-refractivity contribution >= 4 is 17.6 Å². The number of amides is 1. The molecule has 0 bridgehead atoms. The molecule has 2 unspecified atom stereocenters. The second kappa shape index (κ2) is 9.92. The van der Waals surface area contributed by atoms with E-state index in [0.29, 0.717) is 23.3 Å². The molecule has 0 saturated carbocycles. The summed E-state index contributed by atoms with van der Waals surface area (Å²) >= 11 is 0. The van der Waals surface area contributed by atoms with Crippen molar-refractivity contribution in [2.75, 3.05) is 7.11 Å². The lowest BCUT2D eigenvalue weighted by molar-refractivity contribution is -0.132. The molecule has 1 N–H and O–H groups in total. The molecule has 2 aliphatic rings. The van der Waals surface area contributed by atoms with E-state index in [1.165, 1.54) is 7.11 Å². The molecule has 1 aliphatic heterocycles. The normalized spacial score (nSPS) is 22.6. The molecule has 0 fully saturated rings. The third kappa shape index (κ3) is 5.23. The van der Waals surface area contributed by atoms with Gasteiger partial charge in [0.25, 0.3) is 5.91 Å². The molecule has 0 aromatic heterocycles. The van der Waals surface area contributed by atoms with Crippen molar-refractivity contribution in [3.05, 3.63) is 77.4 Å². The van der Waals surface area contributed by atoms with Crippen LogP contribution in [0.1, 0.15) is 80.9 Å². The second-order valence-electron chi connectivity index (χ2n) is 11.2. The molecular formula is C30H36N2O4. The number of aliphatic imine (C=N–C) groups is 1. The first-order valence-corrected chi connectivity index (χ1v) is 12.6. The summed E-state index contributed by atoms with van der Waals surface area (Å²) in [7, 11) is 1.37. The molecule has 2 aromatic rings. The minimum absolute atomic E-state index is 0.0782. The maximum Gasteiger partial charge on any atom is 0.337 e. The quantitative estimate of drug-likeness (QED) is 0.396. The van der Waals surface area contributed by atoms with E-state index >= 15 is 0 Å². The van der Waals surface area contributed by atoms with Gasteiger partial charge in [0.2, 0.25) is 0 Å². The molecule has 3 atom stereocenters. The van der Waals surface area contributed by atoms with Crippen LogP contribution in [0.2, 0.25) is 0 Å². The molecule has 1 amide bonds. The van der Waals surface area contributed by atoms with Crippen LogP contribution in [0.5, 0.6) is 5.75 Å². The number of methoxy groups -OCH3 is 1. The number of phenols is 1. The molecule has 4 rings (SSSR count). The van der Waals surface area contributed by atoms with Crippen molar-refractivity contribution in [1.82, 2.24) is 4.90 Å². The summed E-state index contributed by atoms with van der Waals surface area (Å²) in [6, 6.07) is 13.9. The van der Waals surface area contributed by atoms with Crippen molar-refractivity contribution in [3.63, 3.8) is 0 Å². The Morgan fingerprint density at radius 3 is 2.56 bits per heavy atom. The number of nitrogens with zero attached hydrogens (tertiary/aromatic N) is 2. The van der Waals surface area contributed by atoms with Crippen LogP contribution in [0.25, 0.3) is 0 Å². The van der Waals surface area contributed by atoms with Gasteiger partial charge in [-0.2, -0.15) is 0 Å². The number of esters is 1. The van der Waals surface area contributed by atoms with E-state index in [2.05, 4.69) is 39.8 Å². The Hall–Kier alpha value is -3.41. The third-order valence-corrected chi connectivity index (χ3v) is 7.06. The molecule has 1 spiro atoms. The maximum absolute atomic E-state index is 14.2. The van der Waals surface area contributed by atoms with Crippen molar-refractivity contribution < 1.29 is 19.4 Å². The molecule has 0 saturated heterocycles. The van der Waals surface area contributed by atoms with Gasteiger partial charge in [0.05, 0.1) is 18.7 Å². The second-order valence-corrected chi connectivity index (χ2v) is 11.2. The predicted molar refractivity (Wildman–Crippen MR) is 141 cm³/mol. The van der Waals surface area contributed by atoms with Gasteiger partial charge < -0.3 is 14.7 Å². The highest BCUT2D eigenvalue weighted by molar-refractivity contribution is 6.46. The van der Waals surface area contributed by atoms with Gasteiger partial charge in [0.15, 0.2) is 0 Å². The molecular weight excluding hydrogens is 452 g/mol. The van der Waals surface area contributed by atoms with Crippen molar-refractivity contribution in [3.8, 4) is 5.75 Å². The summed E-state index contributed by atoms with van der Waals surface area (Å²) in [6.07, 6.45) is 7.34. The summed E-state index contributed by atoms with van der Waals surface area (Å²) in [5.74, 6) is -0.136. The van der Waals surface area contributed by atoms with Crippen LogP contribution < -0.4 is 0 Å². The number of rotatable bonds is 6. The van der Waals surface area contributed by atoms with E-state index in [-0.39, 0.29) is 35.0 Å². The lowest BCUT2D eigenvalue weighted by Crippen LogP contribution is -2.50. The Labute approximate surface area is 213 Å². The molecule has 190 valence electrons. The number of aromatic hydroxyl groups is 1. The number of carbonyl (C=O) groups is 2. The maximum atomic E-state index is 14.2. The monoisotopic (exact) mass is 488 g/mol. The van der Waals surface area contributed by atoms with Crippen LogP contribution in [-0.2, 0) is 9.53 Å². The van der Waals surface area contributed by atoms with Crippen LogP contribution in [0, 0.1) is 11.3 Å². The average Bonchev–Trinajstić information content (AvgIpc) is 3.09. The van der Waals surface area contributed by atoms with Gasteiger partial charge >= 0.3 is 5.97 Å². The Morgan fingerprint density at radius 2 is 1.94 bits per heavy atom. The van der Waals surface area contributed by atoms with E-state index in [0.717, 1.165) is 24.8 Å². The molecule has 1 heterocycles. The average molecular weight is 489 g/mol. The summed E-state index contributed by atoms with van der Waals surface area (Å²) in [6.45, 7) is 8.75. The molecule has 2 aromatic carbocycles. The van der Waals surface area contributed by atoms with Gasteiger partial charge in [-0.25, -0.2) is 4.79 Å². The highest BCUT2D eigenvalue weighted by Crippen LogP contribution is 2.46. The third-order valence-electron chi connectivity index (χ3n) is 7.06. The van der Waals surface area contributed by atoms with Crippen LogP contribution in [0.4, 0.5) is 0 Å². The van der Waals surface area contributed by atoms with Gasteiger partial charge in [0, 0.05) is 12.0 Å². The lowest BCUT2D eigenvalue weighted by atomic mass is 9.82. The number of hydrogen-bond donors (Lipinski definition) is 1. The van der Waals surface area contributed by atoms with E-state index in [1.807, 2.05) is 23.1 Å². The number of allylic oxidation sites excluding steroid dienone is 1. The van der Waals surface area contributed by atoms with Gasteiger partial charge in [-0.1, -0.05) is 64.1 Å². The van der Waals surface area contributed by atoms with Crippen molar-refractivity contribution in [2.24, 2.45) is 16.3 Å².